The highest BCUT2D eigenvalue weighted by molar-refractivity contribution is 8.01. The molecule has 1 aromatic heterocycles. The van der Waals surface area contributed by atoms with Crippen molar-refractivity contribution in [2.45, 2.75) is 69.5 Å². The Balaban J connectivity index is 2.06. The Labute approximate surface area is 132 Å². The number of thioether (sulfide) groups is 1. The summed E-state index contributed by atoms with van der Waals surface area (Å²) < 4.78 is 1.24. The molecule has 0 saturated heterocycles. The lowest BCUT2D eigenvalue weighted by atomic mass is 9.71. The van der Waals surface area contributed by atoms with Crippen LogP contribution in [0.1, 0.15) is 52.7 Å². The van der Waals surface area contributed by atoms with Crippen LogP contribution in [0.25, 0.3) is 0 Å². The number of nitrogens with one attached hydrogen (secondary N) is 1. The highest BCUT2D eigenvalue weighted by Crippen LogP contribution is 2.43. The summed E-state index contributed by atoms with van der Waals surface area (Å²) >= 11 is 3.79. The number of aryl methyl sites for hydroxylation is 1. The zero-order valence-electron chi connectivity index (χ0n) is 13.4. The van der Waals surface area contributed by atoms with Crippen molar-refractivity contribution in [3.05, 3.63) is 11.1 Å². The fourth-order valence-electron chi connectivity index (χ4n) is 3.06. The molecule has 1 aliphatic rings. The topological polar surface area (TPSA) is 24.9 Å². The lowest BCUT2D eigenvalue weighted by molar-refractivity contribution is 0.165. The van der Waals surface area contributed by atoms with E-state index >= 15 is 0 Å². The van der Waals surface area contributed by atoms with Gasteiger partial charge in [0.25, 0.3) is 0 Å². The number of aromatic nitrogens is 1. The van der Waals surface area contributed by atoms with Crippen LogP contribution >= 0.6 is 23.1 Å². The summed E-state index contributed by atoms with van der Waals surface area (Å²) in [5, 5.41) is 6.52. The Morgan fingerprint density at radius 3 is 2.70 bits per heavy atom. The van der Waals surface area contributed by atoms with Gasteiger partial charge in [-0.05, 0) is 44.1 Å². The van der Waals surface area contributed by atoms with E-state index < -0.39 is 0 Å². The molecule has 3 unspecified atom stereocenters. The maximum Gasteiger partial charge on any atom is 0.150 e. The molecule has 0 radical (unpaired) electrons. The minimum atomic E-state index is 0.425. The largest absolute Gasteiger partial charge is 0.313 e. The molecule has 1 aromatic rings. The monoisotopic (exact) mass is 312 g/mol. The Hall–Kier alpha value is -0.0600. The quantitative estimate of drug-likeness (QED) is 0.869. The maximum absolute atomic E-state index is 4.64. The molecular formula is C16H28N2S2. The predicted molar refractivity (Wildman–Crippen MR) is 90.8 cm³/mol. The van der Waals surface area contributed by atoms with E-state index in [0.29, 0.717) is 16.7 Å². The highest BCUT2D eigenvalue weighted by Gasteiger charge is 2.36. The van der Waals surface area contributed by atoms with Gasteiger partial charge in [0, 0.05) is 22.4 Å². The molecule has 1 aliphatic carbocycles. The lowest BCUT2D eigenvalue weighted by Crippen LogP contribution is -2.44. The number of thiazole rings is 1. The van der Waals surface area contributed by atoms with Gasteiger partial charge in [-0.1, -0.05) is 39.5 Å². The van der Waals surface area contributed by atoms with Crippen LogP contribution in [-0.4, -0.2) is 22.8 Å². The van der Waals surface area contributed by atoms with Gasteiger partial charge >= 0.3 is 0 Å². The van der Waals surface area contributed by atoms with Crippen LogP contribution < -0.4 is 5.32 Å². The molecule has 1 saturated carbocycles. The molecule has 2 nitrogen and oxygen atoms in total. The Bertz CT molecular complexity index is 422. The summed E-state index contributed by atoms with van der Waals surface area (Å²) in [5.41, 5.74) is 1.58. The Morgan fingerprint density at radius 1 is 1.40 bits per heavy atom. The molecule has 114 valence electrons. The minimum absolute atomic E-state index is 0.425. The molecule has 1 heterocycles. The first-order valence-corrected chi connectivity index (χ1v) is 9.48. The summed E-state index contributed by atoms with van der Waals surface area (Å²) in [5.74, 6) is 0.830. The van der Waals surface area contributed by atoms with Crippen LogP contribution in [0.5, 0.6) is 0 Å². The minimum Gasteiger partial charge on any atom is -0.313 e. The van der Waals surface area contributed by atoms with E-state index in [2.05, 4.69) is 50.3 Å². The summed E-state index contributed by atoms with van der Waals surface area (Å²) in [4.78, 5) is 4.64. The smallest absolute Gasteiger partial charge is 0.150 e. The third kappa shape index (κ3) is 4.22. The fourth-order valence-corrected chi connectivity index (χ4v) is 5.50. The summed E-state index contributed by atoms with van der Waals surface area (Å²) in [6, 6.07) is 0.646. The van der Waals surface area contributed by atoms with Gasteiger partial charge in [0.05, 0.1) is 0 Å². The molecule has 0 amide bonds. The first-order chi connectivity index (χ1) is 9.40. The van der Waals surface area contributed by atoms with E-state index in [1.165, 1.54) is 23.6 Å². The molecule has 1 fully saturated rings. The van der Waals surface area contributed by atoms with Crippen molar-refractivity contribution in [1.82, 2.24) is 10.3 Å². The van der Waals surface area contributed by atoms with E-state index in [-0.39, 0.29) is 0 Å². The normalized spacial score (nSPS) is 27.8. The molecule has 0 spiro atoms. The summed E-state index contributed by atoms with van der Waals surface area (Å²) in [6.07, 6.45) is 3.97. The maximum atomic E-state index is 4.64. The fraction of sp³-hybridized carbons (Fsp3) is 0.812. The average molecular weight is 313 g/mol. The number of hydrogen-bond donors (Lipinski definition) is 1. The molecule has 3 atom stereocenters. The van der Waals surface area contributed by atoms with Crippen LogP contribution in [0.3, 0.4) is 0 Å². The van der Waals surface area contributed by atoms with Gasteiger partial charge in [-0.25, -0.2) is 4.98 Å². The van der Waals surface area contributed by atoms with Gasteiger partial charge in [0.2, 0.25) is 0 Å². The lowest BCUT2D eigenvalue weighted by Gasteiger charge is -2.41. The molecule has 4 heteroatoms. The summed E-state index contributed by atoms with van der Waals surface area (Å²) in [7, 11) is 0. The van der Waals surface area contributed by atoms with Crippen molar-refractivity contribution in [3.63, 3.8) is 0 Å². The van der Waals surface area contributed by atoms with Gasteiger partial charge in [0.15, 0.2) is 0 Å². The highest BCUT2D eigenvalue weighted by atomic mass is 32.2. The number of nitrogens with zero attached hydrogens (tertiary/aromatic N) is 1. The molecule has 1 N–H and O–H groups in total. The second-order valence-corrected chi connectivity index (χ2v) is 9.30. The van der Waals surface area contributed by atoms with Crippen LogP contribution in [0, 0.1) is 18.3 Å². The molecule has 0 bridgehead atoms. The van der Waals surface area contributed by atoms with E-state index in [9.17, 15) is 0 Å². The molecule has 0 aliphatic heterocycles. The van der Waals surface area contributed by atoms with Gasteiger partial charge in [-0.2, -0.15) is 0 Å². The SMILES string of the molecule is CCNC1CCC(C(C)(C)C)CC1Sc1nc(C)cs1. The van der Waals surface area contributed by atoms with Gasteiger partial charge < -0.3 is 5.32 Å². The average Bonchev–Trinajstić information content (AvgIpc) is 2.76. The van der Waals surface area contributed by atoms with Gasteiger partial charge in [-0.15, -0.1) is 11.3 Å². The van der Waals surface area contributed by atoms with Crippen molar-refractivity contribution in [1.29, 1.82) is 0 Å². The molecule has 0 aromatic carbocycles. The van der Waals surface area contributed by atoms with E-state index in [1.807, 2.05) is 11.8 Å². The Kier molecular flexibility index (Phi) is 5.55. The first-order valence-electron chi connectivity index (χ1n) is 7.72. The van der Waals surface area contributed by atoms with E-state index in [4.69, 9.17) is 0 Å². The zero-order valence-corrected chi connectivity index (χ0v) is 15.0. The number of rotatable bonds is 4. The second kappa shape index (κ2) is 6.80. The van der Waals surface area contributed by atoms with Gasteiger partial charge in [0.1, 0.15) is 4.34 Å². The van der Waals surface area contributed by atoms with Crippen molar-refractivity contribution in [3.8, 4) is 0 Å². The van der Waals surface area contributed by atoms with Gasteiger partial charge in [-0.3, -0.25) is 0 Å². The molecule has 2 rings (SSSR count). The van der Waals surface area contributed by atoms with Crippen LogP contribution in [0.4, 0.5) is 0 Å². The standard InChI is InChI=1S/C16H28N2S2/c1-6-17-13-8-7-12(16(3,4)5)9-14(13)20-15-18-11(2)10-19-15/h10,12-14,17H,6-9H2,1-5H3. The predicted octanol–water partition coefficient (Wildman–Crippen LogP) is 4.74. The van der Waals surface area contributed by atoms with Crippen molar-refractivity contribution >= 4 is 23.1 Å². The van der Waals surface area contributed by atoms with Crippen LogP contribution in [0.2, 0.25) is 0 Å². The second-order valence-electron chi connectivity index (χ2n) is 6.95. The first kappa shape index (κ1) is 16.3. The zero-order chi connectivity index (χ0) is 14.8. The van der Waals surface area contributed by atoms with Crippen LogP contribution in [-0.2, 0) is 0 Å². The number of hydrogen-bond acceptors (Lipinski definition) is 4. The van der Waals surface area contributed by atoms with Crippen molar-refractivity contribution in [2.24, 2.45) is 11.3 Å². The third-order valence-electron chi connectivity index (χ3n) is 4.33. The third-order valence-corrected chi connectivity index (χ3v) is 6.78. The van der Waals surface area contributed by atoms with Crippen molar-refractivity contribution in [2.75, 3.05) is 6.54 Å². The van der Waals surface area contributed by atoms with E-state index in [0.717, 1.165) is 18.2 Å². The van der Waals surface area contributed by atoms with E-state index in [1.54, 1.807) is 11.3 Å². The summed E-state index contributed by atoms with van der Waals surface area (Å²) in [6.45, 7) is 12.5. The molecule has 20 heavy (non-hydrogen) atoms. The molecular weight excluding hydrogens is 284 g/mol. The Morgan fingerprint density at radius 2 is 2.15 bits per heavy atom. The van der Waals surface area contributed by atoms with Crippen molar-refractivity contribution < 1.29 is 0 Å². The van der Waals surface area contributed by atoms with Crippen LogP contribution in [0.15, 0.2) is 9.72 Å².